The molecule has 0 aromatic heterocycles. The average Bonchev–Trinajstić information content (AvgIpc) is 2.14. The summed E-state index contributed by atoms with van der Waals surface area (Å²) in [6, 6.07) is 0. The molecule has 7 heteroatoms. The van der Waals surface area contributed by atoms with Gasteiger partial charge in [0.1, 0.15) is 11.9 Å². The highest BCUT2D eigenvalue weighted by Crippen LogP contribution is 1.87. The lowest BCUT2D eigenvalue weighted by Gasteiger charge is -1.90. The Bertz CT molecular complexity index is 225. The van der Waals surface area contributed by atoms with Gasteiger partial charge in [-0.2, -0.15) is 0 Å². The van der Waals surface area contributed by atoms with Crippen LogP contribution in [0.15, 0.2) is 0 Å². The molecule has 0 rings (SSSR count). The fraction of sp³-hybridized carbons (Fsp3) is 0.625. The van der Waals surface area contributed by atoms with Gasteiger partial charge in [-0.3, -0.25) is 9.59 Å². The number of aliphatic carboxylic acids is 2. The first-order chi connectivity index (χ1) is 6.81. The number of rotatable bonds is 5. The Morgan fingerprint density at radius 2 is 1.60 bits per heavy atom. The Labute approximate surface area is 86.5 Å². The summed E-state index contributed by atoms with van der Waals surface area (Å²) in [6.07, 6.45) is -1.30. The van der Waals surface area contributed by atoms with Crippen molar-refractivity contribution in [3.8, 4) is 0 Å². The molecule has 1 atom stereocenters. The molecule has 0 aliphatic carbocycles. The molecule has 7 nitrogen and oxygen atoms in total. The Morgan fingerprint density at radius 1 is 1.20 bits per heavy atom. The zero-order chi connectivity index (χ0) is 12.4. The molecule has 0 aliphatic heterocycles. The number of carbonyl (C=O) groups excluding carboxylic acids is 1. The van der Waals surface area contributed by atoms with Crippen molar-refractivity contribution in [3.63, 3.8) is 0 Å². The topological polar surface area (TPSA) is 138 Å². The van der Waals surface area contributed by atoms with Crippen molar-refractivity contribution >= 4 is 17.7 Å². The van der Waals surface area contributed by atoms with Gasteiger partial charge in [0.2, 0.25) is 0 Å². The molecule has 0 saturated heterocycles. The highest BCUT2D eigenvalue weighted by Gasteiger charge is 2.02. The van der Waals surface area contributed by atoms with Crippen LogP contribution in [-0.4, -0.2) is 45.7 Å². The van der Waals surface area contributed by atoms with Crippen molar-refractivity contribution in [1.29, 1.82) is 0 Å². The molecule has 0 fully saturated rings. The van der Waals surface area contributed by atoms with Gasteiger partial charge in [-0.15, -0.1) is 0 Å². The van der Waals surface area contributed by atoms with E-state index in [1.165, 1.54) is 6.92 Å². The molecule has 88 valence electrons. The monoisotopic (exact) mass is 221 g/mol. The first kappa shape index (κ1) is 16.0. The van der Waals surface area contributed by atoms with Gasteiger partial charge in [0.05, 0.1) is 13.0 Å². The third-order valence-corrected chi connectivity index (χ3v) is 1.20. The maximum Gasteiger partial charge on any atom is 0.332 e. The second kappa shape index (κ2) is 9.10. The molecule has 0 saturated carbocycles. The van der Waals surface area contributed by atoms with Crippen molar-refractivity contribution in [1.82, 2.24) is 0 Å². The van der Waals surface area contributed by atoms with Crippen molar-refractivity contribution in [2.45, 2.75) is 25.9 Å². The molecule has 5 N–H and O–H groups in total. The van der Waals surface area contributed by atoms with Gasteiger partial charge in [-0.1, -0.05) is 0 Å². The lowest BCUT2D eigenvalue weighted by Crippen LogP contribution is -2.14. The molecule has 15 heavy (non-hydrogen) atoms. The lowest BCUT2D eigenvalue weighted by molar-refractivity contribution is -0.145. The summed E-state index contributed by atoms with van der Waals surface area (Å²) in [6.45, 7) is 1.13. The van der Waals surface area contributed by atoms with E-state index in [9.17, 15) is 14.4 Å². The number of nitrogens with two attached hydrogens (primary N) is 1. The van der Waals surface area contributed by atoms with E-state index in [4.69, 9.17) is 21.1 Å². The van der Waals surface area contributed by atoms with Gasteiger partial charge in [-0.05, 0) is 6.92 Å². The van der Waals surface area contributed by atoms with Crippen LogP contribution in [0.5, 0.6) is 0 Å². The number of carboxylic acids is 2. The molecular formula is C8H15NO6. The van der Waals surface area contributed by atoms with E-state index in [0.29, 0.717) is 0 Å². The normalized spacial score (nSPS) is 10.9. The van der Waals surface area contributed by atoms with Crippen molar-refractivity contribution in [2.24, 2.45) is 5.73 Å². The van der Waals surface area contributed by atoms with E-state index < -0.39 is 18.0 Å². The van der Waals surface area contributed by atoms with Crippen LogP contribution in [0.1, 0.15) is 19.8 Å². The van der Waals surface area contributed by atoms with Crippen LogP contribution in [0.2, 0.25) is 0 Å². The molecule has 0 amide bonds. The highest BCUT2D eigenvalue weighted by molar-refractivity contribution is 5.83. The van der Waals surface area contributed by atoms with E-state index in [1.54, 1.807) is 0 Å². The molecule has 0 aliphatic rings. The summed E-state index contributed by atoms with van der Waals surface area (Å²) in [7, 11) is 0. The number of carbonyl (C=O) groups is 3. The molecule has 1 unspecified atom stereocenters. The molecule has 0 spiro atoms. The lowest BCUT2D eigenvalue weighted by atomic mass is 10.2. The number of ketones is 1. The quantitative estimate of drug-likeness (QED) is 0.458. The van der Waals surface area contributed by atoms with Gasteiger partial charge >= 0.3 is 11.9 Å². The fourth-order valence-electron chi connectivity index (χ4n) is 0.348. The Morgan fingerprint density at radius 3 is 1.80 bits per heavy atom. The predicted octanol–water partition coefficient (Wildman–Crippen LogP) is -1.17. The Balaban J connectivity index is 0. The van der Waals surface area contributed by atoms with Gasteiger partial charge in [0, 0.05) is 6.42 Å². The summed E-state index contributed by atoms with van der Waals surface area (Å²) in [5.41, 5.74) is 4.92. The minimum atomic E-state index is -1.23. The smallest absolute Gasteiger partial charge is 0.332 e. The van der Waals surface area contributed by atoms with Gasteiger partial charge in [0.15, 0.2) is 0 Å². The van der Waals surface area contributed by atoms with E-state index >= 15 is 0 Å². The zero-order valence-electron chi connectivity index (χ0n) is 8.34. The van der Waals surface area contributed by atoms with E-state index in [2.05, 4.69) is 0 Å². The minimum Gasteiger partial charge on any atom is -0.481 e. The Kier molecular flexibility index (Phi) is 9.69. The average molecular weight is 221 g/mol. The maximum atomic E-state index is 10.3. The second-order valence-electron chi connectivity index (χ2n) is 2.65. The van der Waals surface area contributed by atoms with Crippen molar-refractivity contribution in [3.05, 3.63) is 0 Å². The zero-order valence-corrected chi connectivity index (χ0v) is 8.34. The molecule has 0 bridgehead atoms. The van der Waals surface area contributed by atoms with Crippen LogP contribution in [0.25, 0.3) is 0 Å². The Hall–Kier alpha value is -1.47. The molecular weight excluding hydrogens is 206 g/mol. The first-order valence-corrected chi connectivity index (χ1v) is 4.15. The number of Topliss-reactive ketones (excluding diaryl/α,β-unsaturated/α-hetero) is 1. The van der Waals surface area contributed by atoms with E-state index in [1.807, 2.05) is 0 Å². The van der Waals surface area contributed by atoms with E-state index in [0.717, 1.165) is 0 Å². The van der Waals surface area contributed by atoms with Gasteiger partial charge in [0.25, 0.3) is 0 Å². The molecule has 0 radical (unpaired) electrons. The number of carboxylic acid groups (broad SMARTS) is 2. The molecule has 0 heterocycles. The summed E-state index contributed by atoms with van der Waals surface area (Å²) in [5, 5.41) is 23.8. The number of aliphatic hydroxyl groups is 1. The van der Waals surface area contributed by atoms with Crippen LogP contribution >= 0.6 is 0 Å². The number of hydrogen-bond donors (Lipinski definition) is 4. The minimum absolute atomic E-state index is 0.0475. The summed E-state index contributed by atoms with van der Waals surface area (Å²) < 4.78 is 0. The van der Waals surface area contributed by atoms with Gasteiger partial charge < -0.3 is 21.1 Å². The highest BCUT2D eigenvalue weighted by atomic mass is 16.4. The van der Waals surface area contributed by atoms with E-state index in [-0.39, 0.29) is 25.2 Å². The SMILES string of the molecule is CC(O)C(=O)O.NCC(=O)CCC(=O)O. The van der Waals surface area contributed by atoms with Crippen LogP contribution < -0.4 is 5.73 Å². The summed E-state index contributed by atoms with van der Waals surface area (Å²) >= 11 is 0. The molecule has 0 aromatic rings. The van der Waals surface area contributed by atoms with Crippen molar-refractivity contribution < 1.29 is 29.7 Å². The number of hydrogen-bond acceptors (Lipinski definition) is 5. The van der Waals surface area contributed by atoms with Gasteiger partial charge in [-0.25, -0.2) is 4.79 Å². The second-order valence-corrected chi connectivity index (χ2v) is 2.65. The third-order valence-electron chi connectivity index (χ3n) is 1.20. The third kappa shape index (κ3) is 15.3. The largest absolute Gasteiger partial charge is 0.481 e. The fourth-order valence-corrected chi connectivity index (χ4v) is 0.348. The maximum absolute atomic E-state index is 10.3. The predicted molar refractivity (Wildman–Crippen MR) is 50.2 cm³/mol. The summed E-state index contributed by atoms with van der Waals surface area (Å²) in [4.78, 5) is 29.6. The van der Waals surface area contributed by atoms with Crippen molar-refractivity contribution in [2.75, 3.05) is 6.54 Å². The standard InChI is InChI=1S/C5H9NO3.C3H6O3/c6-3-4(7)1-2-5(8)9;1-2(4)3(5)6/h1-3,6H2,(H,8,9);2,4H,1H3,(H,5,6). The van der Waals surface area contributed by atoms with Crippen LogP contribution in [-0.2, 0) is 14.4 Å². The molecule has 0 aromatic carbocycles. The number of aliphatic hydroxyl groups excluding tert-OH is 1. The first-order valence-electron chi connectivity index (χ1n) is 4.15. The summed E-state index contributed by atoms with van der Waals surface area (Å²) in [5.74, 6) is -2.36. The van der Waals surface area contributed by atoms with Crippen LogP contribution in [0.3, 0.4) is 0 Å². The van der Waals surface area contributed by atoms with Crippen LogP contribution in [0, 0.1) is 0 Å². The van der Waals surface area contributed by atoms with Crippen LogP contribution in [0.4, 0.5) is 0 Å².